The third-order valence-corrected chi connectivity index (χ3v) is 8.99. The van der Waals surface area contributed by atoms with Crippen molar-refractivity contribution in [1.82, 2.24) is 0 Å². The van der Waals surface area contributed by atoms with E-state index in [1.165, 1.54) is 0 Å². The molecule has 6 heterocycles. The largest absolute Gasteiger partial charge is 0.462 e. The lowest BCUT2D eigenvalue weighted by molar-refractivity contribution is -0.167. The second kappa shape index (κ2) is 13.0. The molecule has 0 radical (unpaired) electrons. The first-order valence-corrected chi connectivity index (χ1v) is 15.8. The van der Waals surface area contributed by atoms with Crippen molar-refractivity contribution < 1.29 is 57.0 Å². The number of carbonyl (C=O) groups is 3. The summed E-state index contributed by atoms with van der Waals surface area (Å²) >= 11 is 0. The van der Waals surface area contributed by atoms with Crippen LogP contribution in [0.5, 0.6) is 0 Å². The van der Waals surface area contributed by atoms with Crippen LogP contribution < -0.4 is 0 Å². The maximum atomic E-state index is 12.7. The third kappa shape index (κ3) is 8.63. The lowest BCUT2D eigenvalue weighted by atomic mass is 10.1. The van der Waals surface area contributed by atoms with E-state index in [1.807, 2.05) is 0 Å². The van der Waals surface area contributed by atoms with Crippen molar-refractivity contribution in [2.75, 3.05) is 13.2 Å². The highest BCUT2D eigenvalue weighted by Crippen LogP contribution is 2.40. The van der Waals surface area contributed by atoms with Gasteiger partial charge in [-0.1, -0.05) is 20.8 Å². The average molecular weight is 597 g/mol. The predicted molar refractivity (Wildman–Crippen MR) is 142 cm³/mol. The molecular formula is C30H44O12. The Kier molecular flexibility index (Phi) is 9.37. The Balaban J connectivity index is 0.905. The zero-order valence-electron chi connectivity index (χ0n) is 24.7. The fourth-order valence-corrected chi connectivity index (χ4v) is 5.95. The standard InChI is InChI=1S/C30H44O12/c1-4-16-19(37-16)7-22-25(40-22)10-28(31)34-13-15(36-30(33)12-27-24(42-27)9-21-18(6-3)39-21)14-35-29(32)11-26-23(41-26)8-20-17(5-2)38-20/h15-27H,4-14H2,1-3H3. The van der Waals surface area contributed by atoms with E-state index in [0.29, 0.717) is 12.2 Å². The second-order valence-electron chi connectivity index (χ2n) is 12.3. The molecular weight excluding hydrogens is 552 g/mol. The van der Waals surface area contributed by atoms with Crippen LogP contribution in [0.3, 0.4) is 0 Å². The van der Waals surface area contributed by atoms with Crippen molar-refractivity contribution in [1.29, 1.82) is 0 Å². The summed E-state index contributed by atoms with van der Waals surface area (Å²) in [6.45, 7) is 5.80. The number of epoxide rings is 6. The van der Waals surface area contributed by atoms with Gasteiger partial charge in [0.25, 0.3) is 0 Å². The van der Waals surface area contributed by atoms with Crippen LogP contribution in [0.4, 0.5) is 0 Å². The van der Waals surface area contributed by atoms with Crippen LogP contribution in [-0.2, 0) is 57.0 Å². The zero-order valence-corrected chi connectivity index (χ0v) is 24.7. The molecule has 12 nitrogen and oxygen atoms in total. The zero-order chi connectivity index (χ0) is 29.4. The molecule has 236 valence electrons. The molecule has 6 aliphatic heterocycles. The summed E-state index contributed by atoms with van der Waals surface area (Å²) in [5, 5.41) is 0. The van der Waals surface area contributed by atoms with Crippen LogP contribution in [0.15, 0.2) is 0 Å². The van der Waals surface area contributed by atoms with Crippen molar-refractivity contribution in [3.8, 4) is 0 Å². The molecule has 0 amide bonds. The van der Waals surface area contributed by atoms with Gasteiger partial charge in [-0.05, 0) is 19.3 Å². The molecule has 12 unspecified atom stereocenters. The van der Waals surface area contributed by atoms with Gasteiger partial charge in [0.1, 0.15) is 13.2 Å². The van der Waals surface area contributed by atoms with Crippen LogP contribution in [0.1, 0.15) is 78.6 Å². The highest BCUT2D eigenvalue weighted by molar-refractivity contribution is 5.72. The third-order valence-electron chi connectivity index (χ3n) is 8.99. The molecule has 0 aromatic rings. The van der Waals surface area contributed by atoms with E-state index < -0.39 is 24.0 Å². The smallest absolute Gasteiger partial charge is 0.309 e. The van der Waals surface area contributed by atoms with Crippen LogP contribution in [0.25, 0.3) is 0 Å². The Bertz CT molecular complexity index is 937. The summed E-state index contributed by atoms with van der Waals surface area (Å²) in [6, 6.07) is 0. The minimum atomic E-state index is -0.930. The molecule has 12 heteroatoms. The Morgan fingerprint density at radius 1 is 0.476 bits per heavy atom. The van der Waals surface area contributed by atoms with Crippen molar-refractivity contribution in [3.05, 3.63) is 0 Å². The minimum Gasteiger partial charge on any atom is -0.462 e. The fourth-order valence-electron chi connectivity index (χ4n) is 5.95. The molecule has 0 saturated carbocycles. The highest BCUT2D eigenvalue weighted by atomic mass is 16.6. The summed E-state index contributed by atoms with van der Waals surface area (Å²) in [7, 11) is 0. The van der Waals surface area contributed by atoms with Crippen LogP contribution in [0.2, 0.25) is 0 Å². The normalized spacial score (nSPS) is 40.9. The van der Waals surface area contributed by atoms with Gasteiger partial charge in [-0.25, -0.2) is 0 Å². The van der Waals surface area contributed by atoms with E-state index in [4.69, 9.17) is 42.6 Å². The minimum absolute atomic E-state index is 0.00150. The quantitative estimate of drug-likeness (QED) is 0.115. The molecule has 6 fully saturated rings. The van der Waals surface area contributed by atoms with Gasteiger partial charge in [-0.3, -0.25) is 14.4 Å². The van der Waals surface area contributed by atoms with Crippen molar-refractivity contribution in [2.24, 2.45) is 0 Å². The van der Waals surface area contributed by atoms with Gasteiger partial charge in [-0.15, -0.1) is 0 Å². The number of esters is 3. The summed E-state index contributed by atoms with van der Waals surface area (Å²) in [5.41, 5.74) is 0. The summed E-state index contributed by atoms with van der Waals surface area (Å²) in [5.74, 6) is -1.41. The van der Waals surface area contributed by atoms with Gasteiger partial charge >= 0.3 is 17.9 Å². The average Bonchev–Trinajstić information content (AvgIpc) is 3.75. The predicted octanol–water partition coefficient (Wildman–Crippen LogP) is 2.16. The first-order chi connectivity index (χ1) is 20.3. The Labute approximate surface area is 246 Å². The number of ether oxygens (including phenoxy) is 9. The first kappa shape index (κ1) is 30.2. The topological polar surface area (TPSA) is 154 Å². The highest BCUT2D eigenvalue weighted by Gasteiger charge is 2.50. The van der Waals surface area contributed by atoms with E-state index in [-0.39, 0.29) is 93.5 Å². The van der Waals surface area contributed by atoms with Crippen molar-refractivity contribution in [3.63, 3.8) is 0 Å². The molecule has 0 aromatic carbocycles. The maximum absolute atomic E-state index is 12.7. The van der Waals surface area contributed by atoms with Gasteiger partial charge in [0.2, 0.25) is 0 Å². The van der Waals surface area contributed by atoms with Gasteiger partial charge in [0, 0.05) is 19.3 Å². The molecule has 12 atom stereocenters. The van der Waals surface area contributed by atoms with Gasteiger partial charge < -0.3 is 42.6 Å². The van der Waals surface area contributed by atoms with Crippen LogP contribution in [0, 0.1) is 0 Å². The van der Waals surface area contributed by atoms with E-state index in [0.717, 1.165) is 38.5 Å². The number of hydrogen-bond acceptors (Lipinski definition) is 12. The Morgan fingerprint density at radius 3 is 1.12 bits per heavy atom. The van der Waals surface area contributed by atoms with Gasteiger partial charge in [-0.2, -0.15) is 0 Å². The monoisotopic (exact) mass is 596 g/mol. The molecule has 6 rings (SSSR count). The lowest BCUT2D eigenvalue weighted by Crippen LogP contribution is -2.31. The first-order valence-electron chi connectivity index (χ1n) is 15.8. The van der Waals surface area contributed by atoms with Crippen LogP contribution in [-0.4, -0.2) is 110 Å². The molecule has 0 aliphatic carbocycles. The van der Waals surface area contributed by atoms with E-state index >= 15 is 0 Å². The molecule has 0 spiro atoms. The summed E-state index contributed by atoms with van der Waals surface area (Å²) in [6.07, 6.45) is 5.49. The maximum Gasteiger partial charge on any atom is 0.309 e. The second-order valence-corrected chi connectivity index (χ2v) is 12.3. The number of rotatable bonds is 20. The van der Waals surface area contributed by atoms with Gasteiger partial charge in [0.05, 0.1) is 92.5 Å². The van der Waals surface area contributed by atoms with Gasteiger partial charge in [0.15, 0.2) is 6.10 Å². The molecule has 0 aromatic heterocycles. The summed E-state index contributed by atoms with van der Waals surface area (Å²) < 4.78 is 49.9. The molecule has 42 heavy (non-hydrogen) atoms. The molecule has 0 N–H and O–H groups in total. The Hall–Kier alpha value is -1.83. The van der Waals surface area contributed by atoms with Crippen molar-refractivity contribution >= 4 is 17.9 Å². The van der Waals surface area contributed by atoms with E-state index in [2.05, 4.69) is 20.8 Å². The van der Waals surface area contributed by atoms with E-state index in [1.54, 1.807) is 0 Å². The molecule has 0 bridgehead atoms. The molecule has 6 aliphatic rings. The summed E-state index contributed by atoms with van der Waals surface area (Å²) in [4.78, 5) is 37.6. The number of carbonyl (C=O) groups excluding carboxylic acids is 3. The van der Waals surface area contributed by atoms with Crippen molar-refractivity contribution in [2.45, 2.75) is 158 Å². The van der Waals surface area contributed by atoms with E-state index in [9.17, 15) is 14.4 Å². The molecule has 6 saturated heterocycles. The van der Waals surface area contributed by atoms with Crippen LogP contribution >= 0.6 is 0 Å². The number of hydrogen-bond donors (Lipinski definition) is 0. The Morgan fingerprint density at radius 2 is 0.786 bits per heavy atom. The SMILES string of the molecule is CCC1OC1CC1OC1CC(=O)OCC(COC(=O)CC1OC1CC1OC1CC)OC(=O)CC1OC1CC1OC1CC. The fraction of sp³-hybridized carbons (Fsp3) is 0.900. The lowest BCUT2D eigenvalue weighted by Gasteiger charge is -2.18.